The summed E-state index contributed by atoms with van der Waals surface area (Å²) in [4.78, 5) is 32.4. The van der Waals surface area contributed by atoms with Crippen molar-refractivity contribution in [1.82, 2.24) is 20.2 Å². The molecule has 0 aromatic carbocycles. The summed E-state index contributed by atoms with van der Waals surface area (Å²) in [5, 5.41) is 11.5. The third kappa shape index (κ3) is 4.15. The van der Waals surface area contributed by atoms with Crippen LogP contribution < -0.4 is 10.1 Å². The summed E-state index contributed by atoms with van der Waals surface area (Å²) in [5.41, 5.74) is 0.129. The number of likely N-dealkylation sites (tertiary alicyclic amines) is 1. The van der Waals surface area contributed by atoms with Crippen LogP contribution in [0.3, 0.4) is 0 Å². The van der Waals surface area contributed by atoms with Crippen molar-refractivity contribution in [3.05, 3.63) is 18.1 Å². The van der Waals surface area contributed by atoms with Crippen molar-refractivity contribution >= 4 is 11.8 Å². The summed E-state index contributed by atoms with van der Waals surface area (Å²) in [6.45, 7) is 2.38. The van der Waals surface area contributed by atoms with E-state index in [2.05, 4.69) is 15.3 Å². The van der Waals surface area contributed by atoms with Crippen molar-refractivity contribution in [2.24, 2.45) is 0 Å². The molecule has 116 valence electrons. The molecule has 1 aromatic heterocycles. The predicted molar refractivity (Wildman–Crippen MR) is 75.7 cm³/mol. The first-order valence-corrected chi connectivity index (χ1v) is 7.00. The Balaban J connectivity index is 1.94. The van der Waals surface area contributed by atoms with E-state index in [4.69, 9.17) is 10.00 Å². The Kier molecular flexibility index (Phi) is 5.25. The Morgan fingerprint density at radius 1 is 1.50 bits per heavy atom. The van der Waals surface area contributed by atoms with Gasteiger partial charge < -0.3 is 15.0 Å². The molecule has 0 aliphatic carbocycles. The van der Waals surface area contributed by atoms with Crippen molar-refractivity contribution in [2.45, 2.75) is 25.9 Å². The number of nitrogens with zero attached hydrogens (tertiary/aromatic N) is 4. The van der Waals surface area contributed by atoms with Gasteiger partial charge in [-0.15, -0.1) is 0 Å². The highest BCUT2D eigenvalue weighted by atomic mass is 16.5. The van der Waals surface area contributed by atoms with Gasteiger partial charge in [-0.05, 0) is 12.8 Å². The minimum Gasteiger partial charge on any atom is -0.470 e. The third-order valence-electron chi connectivity index (χ3n) is 3.27. The highest BCUT2D eigenvalue weighted by molar-refractivity contribution is 5.83. The minimum absolute atomic E-state index is 0.0172. The lowest BCUT2D eigenvalue weighted by Gasteiger charge is -2.32. The summed E-state index contributed by atoms with van der Waals surface area (Å²) in [6, 6.07) is 1.93. The van der Waals surface area contributed by atoms with Crippen molar-refractivity contribution in [1.29, 1.82) is 5.26 Å². The summed E-state index contributed by atoms with van der Waals surface area (Å²) < 4.78 is 5.71. The van der Waals surface area contributed by atoms with Gasteiger partial charge in [0.05, 0.1) is 13.1 Å². The number of amides is 2. The van der Waals surface area contributed by atoms with Gasteiger partial charge in [0, 0.05) is 25.9 Å². The molecule has 0 spiro atoms. The van der Waals surface area contributed by atoms with Crippen LogP contribution in [0.1, 0.15) is 25.5 Å². The second-order valence-corrected chi connectivity index (χ2v) is 4.95. The van der Waals surface area contributed by atoms with E-state index in [1.807, 2.05) is 6.07 Å². The molecule has 1 atom stereocenters. The maximum absolute atomic E-state index is 12.0. The number of nitrogens with one attached hydrogen (secondary N) is 1. The minimum atomic E-state index is -0.239. The molecule has 0 radical (unpaired) electrons. The molecule has 8 heteroatoms. The molecule has 1 aromatic rings. The second-order valence-electron chi connectivity index (χ2n) is 4.95. The van der Waals surface area contributed by atoms with E-state index < -0.39 is 0 Å². The molecule has 1 aliphatic rings. The number of aromatic nitrogens is 2. The lowest BCUT2D eigenvalue weighted by Crippen LogP contribution is -2.47. The van der Waals surface area contributed by atoms with E-state index in [1.165, 1.54) is 19.3 Å². The monoisotopic (exact) mass is 303 g/mol. The maximum atomic E-state index is 12.0. The zero-order valence-corrected chi connectivity index (χ0v) is 12.3. The molecule has 1 N–H and O–H groups in total. The smallest absolute Gasteiger partial charge is 0.251 e. The van der Waals surface area contributed by atoms with Crippen LogP contribution in [0.5, 0.6) is 5.88 Å². The molecule has 0 bridgehead atoms. The lowest BCUT2D eigenvalue weighted by atomic mass is 10.1. The fourth-order valence-corrected chi connectivity index (χ4v) is 2.22. The van der Waals surface area contributed by atoms with E-state index in [-0.39, 0.29) is 36.0 Å². The average molecular weight is 303 g/mol. The van der Waals surface area contributed by atoms with Crippen molar-refractivity contribution in [3.63, 3.8) is 0 Å². The summed E-state index contributed by atoms with van der Waals surface area (Å²) in [6.07, 6.45) is 4.21. The predicted octanol–water partition coefficient (Wildman–Crippen LogP) is -0.146. The summed E-state index contributed by atoms with van der Waals surface area (Å²) in [5.74, 6) is -0.203. The number of hydrogen-bond acceptors (Lipinski definition) is 6. The quantitative estimate of drug-likeness (QED) is 0.829. The van der Waals surface area contributed by atoms with Gasteiger partial charge in [0.2, 0.25) is 17.5 Å². The number of piperidine rings is 1. The molecule has 2 amide bonds. The van der Waals surface area contributed by atoms with Gasteiger partial charge in [-0.3, -0.25) is 9.59 Å². The lowest BCUT2D eigenvalue weighted by molar-refractivity contribution is -0.134. The highest BCUT2D eigenvalue weighted by Gasteiger charge is 2.26. The molecule has 22 heavy (non-hydrogen) atoms. The molecule has 0 unspecified atom stereocenters. The molecular weight excluding hydrogens is 286 g/mol. The third-order valence-corrected chi connectivity index (χ3v) is 3.27. The fraction of sp³-hybridized carbons (Fsp3) is 0.500. The molecule has 1 fully saturated rings. The van der Waals surface area contributed by atoms with Crippen LogP contribution in [0.4, 0.5) is 0 Å². The standard InChI is InChI=1S/C14H17N5O3/c1-10(20)18-8-13(21)19-6-2-3-11(9-19)22-14-12(7-15)16-4-5-17-14/h4-5,11H,2-3,6,8-9H2,1H3,(H,18,20)/t11-/m1/s1. The molecule has 0 saturated carbocycles. The van der Waals surface area contributed by atoms with E-state index in [0.717, 1.165) is 12.8 Å². The van der Waals surface area contributed by atoms with Gasteiger partial charge in [-0.25, -0.2) is 9.97 Å². The van der Waals surface area contributed by atoms with Gasteiger partial charge in [-0.2, -0.15) is 5.26 Å². The number of hydrogen-bond donors (Lipinski definition) is 1. The average Bonchev–Trinajstić information content (AvgIpc) is 2.53. The van der Waals surface area contributed by atoms with Crippen LogP contribution in [0.2, 0.25) is 0 Å². The molecular formula is C14H17N5O3. The zero-order valence-electron chi connectivity index (χ0n) is 12.3. The van der Waals surface area contributed by atoms with E-state index >= 15 is 0 Å². The van der Waals surface area contributed by atoms with E-state index in [0.29, 0.717) is 13.1 Å². The fourth-order valence-electron chi connectivity index (χ4n) is 2.22. The van der Waals surface area contributed by atoms with Gasteiger partial charge in [0.1, 0.15) is 12.2 Å². The molecule has 2 heterocycles. The second kappa shape index (κ2) is 7.36. The van der Waals surface area contributed by atoms with Crippen LogP contribution in [-0.4, -0.2) is 52.4 Å². The zero-order chi connectivity index (χ0) is 15.9. The van der Waals surface area contributed by atoms with Crippen molar-refractivity contribution in [2.75, 3.05) is 19.6 Å². The number of rotatable bonds is 4. The largest absolute Gasteiger partial charge is 0.470 e. The van der Waals surface area contributed by atoms with Crippen LogP contribution in [0, 0.1) is 11.3 Å². The maximum Gasteiger partial charge on any atom is 0.251 e. The Morgan fingerprint density at radius 2 is 2.27 bits per heavy atom. The highest BCUT2D eigenvalue weighted by Crippen LogP contribution is 2.18. The molecule has 1 saturated heterocycles. The van der Waals surface area contributed by atoms with Gasteiger partial charge in [-0.1, -0.05) is 0 Å². The topological polar surface area (TPSA) is 108 Å². The first kappa shape index (κ1) is 15.7. The van der Waals surface area contributed by atoms with E-state index in [9.17, 15) is 9.59 Å². The summed E-state index contributed by atoms with van der Waals surface area (Å²) in [7, 11) is 0. The first-order chi connectivity index (χ1) is 10.6. The SMILES string of the molecule is CC(=O)NCC(=O)N1CCC[C@@H](Oc2nccnc2C#N)C1. The van der Waals surface area contributed by atoms with Crippen molar-refractivity contribution in [3.8, 4) is 11.9 Å². The molecule has 2 rings (SSSR count). The van der Waals surface area contributed by atoms with Gasteiger partial charge in [0.15, 0.2) is 0 Å². The molecule has 8 nitrogen and oxygen atoms in total. The normalized spacial score (nSPS) is 17.5. The van der Waals surface area contributed by atoms with Gasteiger partial charge in [0.25, 0.3) is 5.88 Å². The van der Waals surface area contributed by atoms with Crippen molar-refractivity contribution < 1.29 is 14.3 Å². The number of carbonyl (C=O) groups is 2. The van der Waals surface area contributed by atoms with E-state index in [1.54, 1.807) is 4.90 Å². The van der Waals surface area contributed by atoms with Crippen LogP contribution >= 0.6 is 0 Å². The number of nitriles is 1. The van der Waals surface area contributed by atoms with Gasteiger partial charge >= 0.3 is 0 Å². The summed E-state index contributed by atoms with van der Waals surface area (Å²) >= 11 is 0. The van der Waals surface area contributed by atoms with Crippen LogP contribution in [0.15, 0.2) is 12.4 Å². The first-order valence-electron chi connectivity index (χ1n) is 7.00. The molecule has 1 aliphatic heterocycles. The van der Waals surface area contributed by atoms with Crippen LogP contribution in [0.25, 0.3) is 0 Å². The number of carbonyl (C=O) groups excluding carboxylic acids is 2. The number of ether oxygens (including phenoxy) is 1. The van der Waals surface area contributed by atoms with Crippen LogP contribution in [-0.2, 0) is 9.59 Å². The Labute approximate surface area is 128 Å². The Bertz CT molecular complexity index is 598. The Morgan fingerprint density at radius 3 is 3.00 bits per heavy atom. The Hall–Kier alpha value is -2.69.